The maximum absolute atomic E-state index is 6.06. The number of hydrogen-bond acceptors (Lipinski definition) is 3. The van der Waals surface area contributed by atoms with Crippen molar-refractivity contribution >= 4 is 0 Å². The van der Waals surface area contributed by atoms with Crippen molar-refractivity contribution in [3.63, 3.8) is 0 Å². The molecule has 20 heavy (non-hydrogen) atoms. The summed E-state index contributed by atoms with van der Waals surface area (Å²) in [7, 11) is 0. The zero-order valence-corrected chi connectivity index (χ0v) is 12.4. The minimum Gasteiger partial charge on any atom is -0.377 e. The predicted octanol–water partition coefficient (Wildman–Crippen LogP) is 2.99. The summed E-state index contributed by atoms with van der Waals surface area (Å²) in [4.78, 5) is 2.66. The summed E-state index contributed by atoms with van der Waals surface area (Å²) in [6, 6.07) is 7.20. The molecular formula is C17H23NO2. The van der Waals surface area contributed by atoms with Crippen molar-refractivity contribution in [2.24, 2.45) is 0 Å². The number of ether oxygens (including phenoxy) is 2. The Morgan fingerprint density at radius 2 is 2.35 bits per heavy atom. The van der Waals surface area contributed by atoms with Gasteiger partial charge >= 0.3 is 0 Å². The first-order chi connectivity index (χ1) is 9.72. The van der Waals surface area contributed by atoms with Gasteiger partial charge in [-0.05, 0) is 49.9 Å². The number of fused-ring (bicyclic) bond motifs is 3. The molecule has 0 N–H and O–H groups in total. The van der Waals surface area contributed by atoms with Gasteiger partial charge in [0.2, 0.25) is 0 Å². The van der Waals surface area contributed by atoms with E-state index in [1.807, 2.05) is 0 Å². The molecule has 1 fully saturated rings. The molecule has 1 saturated heterocycles. The van der Waals surface area contributed by atoms with E-state index in [9.17, 15) is 0 Å². The second kappa shape index (κ2) is 4.55. The van der Waals surface area contributed by atoms with Crippen molar-refractivity contribution in [2.45, 2.75) is 51.0 Å². The summed E-state index contributed by atoms with van der Waals surface area (Å²) in [5.74, 6) is 0. The van der Waals surface area contributed by atoms with Crippen LogP contribution in [0.1, 0.15) is 49.4 Å². The summed E-state index contributed by atoms with van der Waals surface area (Å²) < 4.78 is 11.9. The number of rotatable bonds is 3. The Balaban J connectivity index is 1.81. The molecule has 2 unspecified atom stereocenters. The van der Waals surface area contributed by atoms with Crippen molar-refractivity contribution in [2.75, 3.05) is 19.8 Å². The van der Waals surface area contributed by atoms with Gasteiger partial charge in [0.25, 0.3) is 0 Å². The molecule has 4 rings (SSSR count). The van der Waals surface area contributed by atoms with Crippen molar-refractivity contribution in [3.8, 4) is 0 Å². The zero-order chi connectivity index (χ0) is 13.7. The van der Waals surface area contributed by atoms with Crippen LogP contribution in [-0.4, -0.2) is 30.8 Å². The van der Waals surface area contributed by atoms with E-state index in [1.54, 1.807) is 5.56 Å². The highest BCUT2D eigenvalue weighted by molar-refractivity contribution is 5.48. The van der Waals surface area contributed by atoms with Gasteiger partial charge in [-0.1, -0.05) is 18.2 Å². The molecule has 108 valence electrons. The SMILES string of the molecule is CC(C)OCC12CCCN1C1COCc3cccc2c31. The van der Waals surface area contributed by atoms with E-state index in [0.717, 1.165) is 19.8 Å². The maximum atomic E-state index is 6.06. The maximum Gasteiger partial charge on any atom is 0.0721 e. The molecule has 1 aromatic carbocycles. The second-order valence-corrected chi connectivity index (χ2v) is 6.60. The molecule has 2 atom stereocenters. The van der Waals surface area contributed by atoms with E-state index in [1.165, 1.54) is 30.5 Å². The van der Waals surface area contributed by atoms with Gasteiger partial charge in [-0.15, -0.1) is 0 Å². The van der Waals surface area contributed by atoms with Crippen LogP contribution in [0.3, 0.4) is 0 Å². The standard InChI is InChI=1S/C17H23NO2/c1-12(2)20-11-17-7-4-8-18(17)15-10-19-9-13-5-3-6-14(17)16(13)15/h3,5-6,12,15H,4,7-11H2,1-2H3. The first-order valence-electron chi connectivity index (χ1n) is 7.81. The fourth-order valence-electron chi connectivity index (χ4n) is 4.33. The third kappa shape index (κ3) is 1.63. The summed E-state index contributed by atoms with van der Waals surface area (Å²) in [6.07, 6.45) is 2.77. The smallest absolute Gasteiger partial charge is 0.0721 e. The lowest BCUT2D eigenvalue weighted by atomic mass is 9.86. The van der Waals surface area contributed by atoms with Crippen LogP contribution < -0.4 is 0 Å². The van der Waals surface area contributed by atoms with Crippen LogP contribution in [0.15, 0.2) is 18.2 Å². The van der Waals surface area contributed by atoms with Gasteiger partial charge in [0.15, 0.2) is 0 Å². The highest BCUT2D eigenvalue weighted by Gasteiger charge is 2.54. The van der Waals surface area contributed by atoms with Gasteiger partial charge < -0.3 is 9.47 Å². The summed E-state index contributed by atoms with van der Waals surface area (Å²) in [5, 5.41) is 0. The molecule has 0 bridgehead atoms. The van der Waals surface area contributed by atoms with E-state index >= 15 is 0 Å². The van der Waals surface area contributed by atoms with Crippen LogP contribution in [-0.2, 0) is 21.6 Å². The third-order valence-corrected chi connectivity index (χ3v) is 5.14. The van der Waals surface area contributed by atoms with E-state index in [4.69, 9.17) is 9.47 Å². The summed E-state index contributed by atoms with van der Waals surface area (Å²) in [6.45, 7) is 7.85. The Labute approximate surface area is 120 Å². The fraction of sp³-hybridized carbons (Fsp3) is 0.647. The minimum atomic E-state index is 0.105. The lowest BCUT2D eigenvalue weighted by molar-refractivity contribution is -0.0395. The molecule has 3 aliphatic rings. The number of nitrogens with zero attached hydrogens (tertiary/aromatic N) is 1. The van der Waals surface area contributed by atoms with Crippen LogP contribution in [0.4, 0.5) is 0 Å². The van der Waals surface area contributed by atoms with Gasteiger partial charge in [-0.3, -0.25) is 4.90 Å². The van der Waals surface area contributed by atoms with Gasteiger partial charge in [0.1, 0.15) is 0 Å². The molecule has 3 nitrogen and oxygen atoms in total. The van der Waals surface area contributed by atoms with Crippen LogP contribution >= 0.6 is 0 Å². The predicted molar refractivity (Wildman–Crippen MR) is 77.5 cm³/mol. The van der Waals surface area contributed by atoms with E-state index < -0.39 is 0 Å². The van der Waals surface area contributed by atoms with Crippen LogP contribution in [0.25, 0.3) is 0 Å². The monoisotopic (exact) mass is 273 g/mol. The minimum absolute atomic E-state index is 0.105. The molecular weight excluding hydrogens is 250 g/mol. The molecule has 0 aromatic heterocycles. The van der Waals surface area contributed by atoms with E-state index in [0.29, 0.717) is 12.1 Å². The van der Waals surface area contributed by atoms with Gasteiger partial charge in [-0.2, -0.15) is 0 Å². The highest BCUT2D eigenvalue weighted by Crippen LogP contribution is 2.54. The molecule has 0 radical (unpaired) electrons. The highest BCUT2D eigenvalue weighted by atomic mass is 16.5. The Bertz CT molecular complexity index is 528. The lowest BCUT2D eigenvalue weighted by Crippen LogP contribution is -2.43. The molecule has 3 aliphatic heterocycles. The Kier molecular flexibility index (Phi) is 2.92. The van der Waals surface area contributed by atoms with Gasteiger partial charge in [0.05, 0.1) is 37.5 Å². The topological polar surface area (TPSA) is 21.7 Å². The Morgan fingerprint density at radius 1 is 1.45 bits per heavy atom. The molecule has 3 heteroatoms. The molecule has 1 aromatic rings. The first kappa shape index (κ1) is 12.8. The van der Waals surface area contributed by atoms with E-state index in [-0.39, 0.29) is 5.54 Å². The quantitative estimate of drug-likeness (QED) is 0.845. The molecule has 0 spiro atoms. The number of benzene rings is 1. The summed E-state index contributed by atoms with van der Waals surface area (Å²) >= 11 is 0. The van der Waals surface area contributed by atoms with E-state index in [2.05, 4.69) is 36.9 Å². The fourth-order valence-corrected chi connectivity index (χ4v) is 4.33. The lowest BCUT2D eigenvalue weighted by Gasteiger charge is -2.36. The average molecular weight is 273 g/mol. The van der Waals surface area contributed by atoms with Crippen molar-refractivity contribution in [1.82, 2.24) is 4.90 Å². The normalized spacial score (nSPS) is 31.6. The second-order valence-electron chi connectivity index (χ2n) is 6.60. The van der Waals surface area contributed by atoms with Gasteiger partial charge in [-0.25, -0.2) is 0 Å². The molecule has 0 saturated carbocycles. The Morgan fingerprint density at radius 3 is 3.20 bits per heavy atom. The van der Waals surface area contributed by atoms with Crippen LogP contribution in [0, 0.1) is 0 Å². The summed E-state index contributed by atoms with van der Waals surface area (Å²) in [5.41, 5.74) is 4.55. The largest absolute Gasteiger partial charge is 0.377 e. The number of hydrogen-bond donors (Lipinski definition) is 0. The van der Waals surface area contributed by atoms with Crippen molar-refractivity contribution in [3.05, 3.63) is 34.9 Å². The Hall–Kier alpha value is -0.900. The first-order valence-corrected chi connectivity index (χ1v) is 7.81. The zero-order valence-electron chi connectivity index (χ0n) is 12.4. The molecule has 3 heterocycles. The third-order valence-electron chi connectivity index (χ3n) is 5.14. The van der Waals surface area contributed by atoms with Crippen LogP contribution in [0.5, 0.6) is 0 Å². The van der Waals surface area contributed by atoms with Crippen LogP contribution in [0.2, 0.25) is 0 Å². The average Bonchev–Trinajstić information content (AvgIpc) is 2.97. The molecule has 0 amide bonds. The molecule has 0 aliphatic carbocycles. The van der Waals surface area contributed by atoms with Crippen molar-refractivity contribution in [1.29, 1.82) is 0 Å². The van der Waals surface area contributed by atoms with Gasteiger partial charge in [0, 0.05) is 0 Å². The van der Waals surface area contributed by atoms with Crippen molar-refractivity contribution < 1.29 is 9.47 Å².